The van der Waals surface area contributed by atoms with Crippen LogP contribution < -0.4 is 0 Å². The van der Waals surface area contributed by atoms with E-state index in [4.69, 9.17) is 19.7 Å². The topological polar surface area (TPSA) is 93.1 Å². The number of unbranched alkanes of at least 4 members (excludes halogenated alkanes) is 2. The molecule has 4 rings (SSSR count). The number of esters is 1. The maximum Gasteiger partial charge on any atom is 0.335 e. The number of hydrogen-bond donors (Lipinski definition) is 2. The van der Waals surface area contributed by atoms with Crippen LogP contribution in [-0.2, 0) is 25.5 Å². The SMILES string of the molecule is C=C(C=O)CO.C=C(CO)C(=O)OCC(COC)C1CCC(c2ccc(C3CCC(c4ccc(CCCCC)c(F)c4)CC3)c(F)c2)CC1. The van der Waals surface area contributed by atoms with Crippen molar-refractivity contribution >= 4 is 12.3 Å². The van der Waals surface area contributed by atoms with E-state index in [1.54, 1.807) is 19.2 Å². The van der Waals surface area contributed by atoms with Gasteiger partial charge >= 0.3 is 5.97 Å². The number of aliphatic hydroxyl groups is 2. The third-order valence-electron chi connectivity index (χ3n) is 10.4. The smallest absolute Gasteiger partial charge is 0.335 e. The molecule has 6 nitrogen and oxygen atoms in total. The summed E-state index contributed by atoms with van der Waals surface area (Å²) in [6.45, 7) is 8.96. The molecule has 2 aromatic rings. The normalized spacial score (nSPS) is 21.2. The molecule has 0 aliphatic heterocycles. The molecular weight excluding hydrogens is 626 g/mol. The zero-order valence-electron chi connectivity index (χ0n) is 29.4. The fraction of sp³-hybridized carbons (Fsp3) is 0.561. The van der Waals surface area contributed by atoms with E-state index in [1.165, 1.54) is 0 Å². The fourth-order valence-electron chi connectivity index (χ4n) is 7.30. The summed E-state index contributed by atoms with van der Waals surface area (Å²) in [5, 5.41) is 17.1. The van der Waals surface area contributed by atoms with Crippen LogP contribution in [0.5, 0.6) is 0 Å². The van der Waals surface area contributed by atoms with Gasteiger partial charge in [-0.2, -0.15) is 0 Å². The summed E-state index contributed by atoms with van der Waals surface area (Å²) in [5.74, 6) is 0.558. The summed E-state index contributed by atoms with van der Waals surface area (Å²) >= 11 is 0. The molecule has 2 N–H and O–H groups in total. The summed E-state index contributed by atoms with van der Waals surface area (Å²) in [6.07, 6.45) is 12.2. The van der Waals surface area contributed by atoms with Gasteiger partial charge in [0.1, 0.15) is 17.9 Å². The first-order chi connectivity index (χ1) is 23.6. The molecule has 0 amide bonds. The Morgan fingerprint density at radius 2 is 1.45 bits per heavy atom. The zero-order chi connectivity index (χ0) is 35.8. The molecule has 0 saturated heterocycles. The van der Waals surface area contributed by atoms with Gasteiger partial charge in [0.05, 0.1) is 32.0 Å². The molecule has 0 radical (unpaired) electrons. The summed E-state index contributed by atoms with van der Waals surface area (Å²) in [7, 11) is 1.65. The van der Waals surface area contributed by atoms with Crippen LogP contribution in [0.4, 0.5) is 8.78 Å². The van der Waals surface area contributed by atoms with Crippen LogP contribution in [0.25, 0.3) is 0 Å². The summed E-state index contributed by atoms with van der Waals surface area (Å²) in [4.78, 5) is 21.4. The molecule has 2 saturated carbocycles. The first-order valence-corrected chi connectivity index (χ1v) is 17.9. The van der Waals surface area contributed by atoms with Crippen molar-refractivity contribution in [2.45, 2.75) is 102 Å². The molecule has 2 aliphatic carbocycles. The Labute approximate surface area is 291 Å². The van der Waals surface area contributed by atoms with Crippen molar-refractivity contribution in [3.05, 3.63) is 94.6 Å². The number of carbonyl (C=O) groups is 2. The molecule has 2 aromatic carbocycles. The van der Waals surface area contributed by atoms with Gasteiger partial charge in [-0.3, -0.25) is 4.79 Å². The summed E-state index contributed by atoms with van der Waals surface area (Å²) in [5.41, 5.74) is 4.06. The molecule has 270 valence electrons. The van der Waals surface area contributed by atoms with E-state index in [-0.39, 0.29) is 47.8 Å². The van der Waals surface area contributed by atoms with Gasteiger partial charge in [-0.25, -0.2) is 13.6 Å². The van der Waals surface area contributed by atoms with Crippen molar-refractivity contribution in [1.29, 1.82) is 0 Å². The lowest BCUT2D eigenvalue weighted by atomic mass is 9.73. The third-order valence-corrected chi connectivity index (χ3v) is 10.4. The molecule has 1 atom stereocenters. The quantitative estimate of drug-likeness (QED) is 0.0799. The molecule has 49 heavy (non-hydrogen) atoms. The number of halogens is 2. The van der Waals surface area contributed by atoms with Crippen molar-refractivity contribution in [1.82, 2.24) is 0 Å². The minimum atomic E-state index is -0.568. The minimum Gasteiger partial charge on any atom is -0.462 e. The van der Waals surface area contributed by atoms with Gasteiger partial charge in [0.25, 0.3) is 0 Å². The molecule has 0 aromatic heterocycles. The highest BCUT2D eigenvalue weighted by atomic mass is 19.1. The number of aldehydes is 1. The standard InChI is InChI=1S/C37H50F2O4.C4H6O2/c1-4-5-6-7-30-16-17-31(20-35(30)38)27-12-14-29(15-13-27)34-19-18-32(21-36(34)39)26-8-10-28(11-9-26)33(23-42-3)24-43-37(41)25(2)22-40;1-4(2-5)3-6/h16-21,26-29,33,40H,2,4-15,22-24H2,1,3H3;2,6H,1,3H2. The molecular formula is C41H56F2O6. The summed E-state index contributed by atoms with van der Waals surface area (Å²) < 4.78 is 41.0. The second-order valence-corrected chi connectivity index (χ2v) is 13.8. The Kier molecular flexibility index (Phi) is 17.3. The zero-order valence-corrected chi connectivity index (χ0v) is 29.4. The Morgan fingerprint density at radius 1 is 0.857 bits per heavy atom. The van der Waals surface area contributed by atoms with E-state index in [0.717, 1.165) is 99.3 Å². The first kappa shape index (κ1) is 40.2. The maximum atomic E-state index is 15.5. The number of benzene rings is 2. The highest BCUT2D eigenvalue weighted by Crippen LogP contribution is 2.43. The van der Waals surface area contributed by atoms with Gasteiger partial charge in [0.2, 0.25) is 0 Å². The number of carbonyl (C=O) groups excluding carboxylic acids is 2. The number of aryl methyl sites for hydroxylation is 1. The van der Waals surface area contributed by atoms with E-state index in [1.807, 2.05) is 12.1 Å². The van der Waals surface area contributed by atoms with Crippen LogP contribution in [0.1, 0.15) is 118 Å². The van der Waals surface area contributed by atoms with Crippen molar-refractivity contribution in [3.8, 4) is 0 Å². The van der Waals surface area contributed by atoms with Gasteiger partial charge in [-0.1, -0.05) is 57.2 Å². The Morgan fingerprint density at radius 3 is 1.96 bits per heavy atom. The van der Waals surface area contributed by atoms with Gasteiger partial charge in [-0.05, 0) is 122 Å². The highest BCUT2D eigenvalue weighted by molar-refractivity contribution is 5.87. The Bertz CT molecular complexity index is 1360. The van der Waals surface area contributed by atoms with E-state index in [9.17, 15) is 14.0 Å². The van der Waals surface area contributed by atoms with E-state index >= 15 is 4.39 Å². The second kappa shape index (κ2) is 21.1. The van der Waals surface area contributed by atoms with E-state index < -0.39 is 12.6 Å². The van der Waals surface area contributed by atoms with Crippen molar-refractivity contribution in [3.63, 3.8) is 0 Å². The number of ether oxygens (including phenoxy) is 2. The molecule has 0 spiro atoms. The predicted molar refractivity (Wildman–Crippen MR) is 190 cm³/mol. The van der Waals surface area contributed by atoms with E-state index in [2.05, 4.69) is 32.2 Å². The lowest BCUT2D eigenvalue weighted by Gasteiger charge is -2.34. The van der Waals surface area contributed by atoms with Crippen molar-refractivity contribution in [2.75, 3.05) is 33.5 Å². The van der Waals surface area contributed by atoms with E-state index in [0.29, 0.717) is 30.6 Å². The van der Waals surface area contributed by atoms with Crippen LogP contribution in [0.15, 0.2) is 60.7 Å². The van der Waals surface area contributed by atoms with Crippen LogP contribution in [0.3, 0.4) is 0 Å². The Balaban J connectivity index is 0.000000992. The largest absolute Gasteiger partial charge is 0.462 e. The molecule has 2 aliphatic rings. The average Bonchev–Trinajstić information content (AvgIpc) is 3.13. The molecule has 2 fully saturated rings. The van der Waals surface area contributed by atoms with Crippen molar-refractivity contribution < 1.29 is 38.1 Å². The van der Waals surface area contributed by atoms with Crippen LogP contribution in [0.2, 0.25) is 0 Å². The van der Waals surface area contributed by atoms with Gasteiger partial charge in [0.15, 0.2) is 0 Å². The first-order valence-electron chi connectivity index (χ1n) is 17.9. The monoisotopic (exact) mass is 682 g/mol. The molecule has 0 bridgehead atoms. The third kappa shape index (κ3) is 12.3. The molecule has 1 unspecified atom stereocenters. The fourth-order valence-corrected chi connectivity index (χ4v) is 7.30. The van der Waals surface area contributed by atoms with Gasteiger partial charge in [0, 0.05) is 18.6 Å². The van der Waals surface area contributed by atoms with Gasteiger partial charge in [-0.15, -0.1) is 0 Å². The lowest BCUT2D eigenvalue weighted by molar-refractivity contribution is -0.142. The second-order valence-electron chi connectivity index (χ2n) is 13.8. The van der Waals surface area contributed by atoms with Crippen LogP contribution >= 0.6 is 0 Å². The Hall–Kier alpha value is -3.20. The molecule has 0 heterocycles. The van der Waals surface area contributed by atoms with Crippen molar-refractivity contribution in [2.24, 2.45) is 11.8 Å². The lowest BCUT2D eigenvalue weighted by Crippen LogP contribution is -2.29. The minimum absolute atomic E-state index is 0.0524. The average molecular weight is 683 g/mol. The highest BCUT2D eigenvalue weighted by Gasteiger charge is 2.31. The predicted octanol–water partition coefficient (Wildman–Crippen LogP) is 8.50. The number of aliphatic hydroxyl groups excluding tert-OH is 2. The van der Waals surface area contributed by atoms with Crippen LogP contribution in [-0.4, -0.2) is 56.0 Å². The summed E-state index contributed by atoms with van der Waals surface area (Å²) in [6, 6.07) is 11.7. The molecule has 8 heteroatoms. The number of rotatable bonds is 16. The number of methoxy groups -OCH3 is 1. The number of hydrogen-bond acceptors (Lipinski definition) is 6. The van der Waals surface area contributed by atoms with Gasteiger partial charge < -0.3 is 19.7 Å². The van der Waals surface area contributed by atoms with Crippen LogP contribution in [0, 0.1) is 23.5 Å². The maximum absolute atomic E-state index is 15.5.